The Kier molecular flexibility index (Phi) is 4.39. The topological polar surface area (TPSA) is 87.7 Å². The quantitative estimate of drug-likeness (QED) is 0.264. The third kappa shape index (κ3) is 3.77. The van der Waals surface area contributed by atoms with Crippen molar-refractivity contribution < 1.29 is 10.0 Å². The smallest absolute Gasteiger partial charge is 0.220 e. The van der Waals surface area contributed by atoms with Crippen LogP contribution in [-0.4, -0.2) is 23.0 Å². The van der Waals surface area contributed by atoms with Crippen molar-refractivity contribution in [1.82, 2.24) is 5.32 Å². The lowest BCUT2D eigenvalue weighted by Gasteiger charge is -2.16. The Morgan fingerprint density at radius 2 is 2.33 bits per heavy atom. The van der Waals surface area contributed by atoms with Gasteiger partial charge in [-0.05, 0) is 25.2 Å². The highest BCUT2D eigenvalue weighted by molar-refractivity contribution is 5.90. The van der Waals surface area contributed by atoms with Gasteiger partial charge in [0.05, 0.1) is 6.04 Å². The Labute approximate surface area is 89.7 Å². The number of hydrogen-bond donors (Lipinski definition) is 3. The zero-order chi connectivity index (χ0) is 11.3. The molecule has 1 aliphatic rings. The fourth-order valence-corrected chi connectivity index (χ4v) is 1.51. The molecular formula is C10H19N3O2. The summed E-state index contributed by atoms with van der Waals surface area (Å²) in [5.74, 6) is 0.453. The first-order chi connectivity index (χ1) is 7.19. The molecule has 1 saturated carbocycles. The van der Waals surface area contributed by atoms with Crippen LogP contribution in [-0.2, 0) is 4.79 Å². The van der Waals surface area contributed by atoms with E-state index >= 15 is 0 Å². The van der Waals surface area contributed by atoms with Crippen LogP contribution < -0.4 is 11.1 Å². The van der Waals surface area contributed by atoms with E-state index in [2.05, 4.69) is 10.5 Å². The zero-order valence-corrected chi connectivity index (χ0v) is 9.07. The molecule has 0 aromatic carbocycles. The Morgan fingerprint density at radius 3 is 2.80 bits per heavy atom. The summed E-state index contributed by atoms with van der Waals surface area (Å²) in [5.41, 5.74) is 5.52. The van der Waals surface area contributed by atoms with Crippen molar-refractivity contribution in [2.45, 2.75) is 45.1 Å². The van der Waals surface area contributed by atoms with Crippen LogP contribution in [0.15, 0.2) is 5.16 Å². The molecule has 15 heavy (non-hydrogen) atoms. The highest BCUT2D eigenvalue weighted by Crippen LogP contribution is 2.32. The maximum Gasteiger partial charge on any atom is 0.220 e. The molecule has 1 atom stereocenters. The Hall–Kier alpha value is -1.26. The highest BCUT2D eigenvalue weighted by Gasteiger charge is 2.35. The van der Waals surface area contributed by atoms with Gasteiger partial charge in [0.2, 0.25) is 5.91 Å². The van der Waals surface area contributed by atoms with Gasteiger partial charge in [0, 0.05) is 6.42 Å². The van der Waals surface area contributed by atoms with E-state index in [1.54, 1.807) is 0 Å². The molecule has 1 fully saturated rings. The predicted molar refractivity (Wildman–Crippen MR) is 57.6 cm³/mol. The average molecular weight is 213 g/mol. The molecule has 5 heteroatoms. The second kappa shape index (κ2) is 5.58. The maximum absolute atomic E-state index is 11.5. The van der Waals surface area contributed by atoms with Gasteiger partial charge >= 0.3 is 0 Å². The van der Waals surface area contributed by atoms with Crippen molar-refractivity contribution in [2.24, 2.45) is 16.8 Å². The lowest BCUT2D eigenvalue weighted by Crippen LogP contribution is -2.46. The number of nitrogens with zero attached hydrogens (tertiary/aromatic N) is 1. The Balaban J connectivity index is 2.40. The molecule has 1 rings (SSSR count). The zero-order valence-electron chi connectivity index (χ0n) is 9.07. The molecule has 0 saturated heterocycles. The molecule has 0 heterocycles. The number of carbonyl (C=O) groups excluding carboxylic acids is 1. The molecule has 1 amide bonds. The Morgan fingerprint density at radius 1 is 1.67 bits per heavy atom. The number of carbonyl (C=O) groups is 1. The third-order valence-corrected chi connectivity index (χ3v) is 2.60. The number of amides is 1. The minimum Gasteiger partial charge on any atom is -0.409 e. The maximum atomic E-state index is 11.5. The van der Waals surface area contributed by atoms with E-state index in [1.807, 2.05) is 6.92 Å². The first kappa shape index (κ1) is 11.8. The van der Waals surface area contributed by atoms with Crippen molar-refractivity contribution in [3.63, 3.8) is 0 Å². The molecule has 0 radical (unpaired) electrons. The van der Waals surface area contributed by atoms with Crippen LogP contribution in [0.5, 0.6) is 0 Å². The molecule has 5 nitrogen and oxygen atoms in total. The van der Waals surface area contributed by atoms with Crippen molar-refractivity contribution in [2.75, 3.05) is 0 Å². The molecule has 4 N–H and O–H groups in total. The molecule has 1 unspecified atom stereocenters. The first-order valence-electron chi connectivity index (χ1n) is 5.45. The summed E-state index contributed by atoms with van der Waals surface area (Å²) in [6.07, 6.45) is 4.45. The molecule has 0 spiro atoms. The van der Waals surface area contributed by atoms with Gasteiger partial charge in [0.25, 0.3) is 0 Å². The van der Waals surface area contributed by atoms with Crippen molar-refractivity contribution >= 4 is 11.7 Å². The van der Waals surface area contributed by atoms with E-state index in [1.165, 1.54) is 0 Å². The van der Waals surface area contributed by atoms with E-state index in [0.717, 1.165) is 25.7 Å². The fourth-order valence-electron chi connectivity index (χ4n) is 1.51. The SMILES string of the molecule is CCCCC(=O)NC(C(N)=NO)C1CC1. The largest absolute Gasteiger partial charge is 0.409 e. The summed E-state index contributed by atoms with van der Waals surface area (Å²) in [5, 5.41) is 14.4. The average Bonchev–Trinajstić information content (AvgIpc) is 3.05. The number of amidine groups is 1. The highest BCUT2D eigenvalue weighted by atomic mass is 16.4. The molecule has 86 valence electrons. The van der Waals surface area contributed by atoms with Gasteiger partial charge in [-0.1, -0.05) is 18.5 Å². The minimum absolute atomic E-state index is 0.0136. The Bertz CT molecular complexity index is 249. The third-order valence-electron chi connectivity index (χ3n) is 2.60. The number of oxime groups is 1. The molecular weight excluding hydrogens is 194 g/mol. The van der Waals surface area contributed by atoms with Crippen LogP contribution >= 0.6 is 0 Å². The summed E-state index contributed by atoms with van der Waals surface area (Å²) in [6, 6.07) is -0.278. The predicted octanol–water partition coefficient (Wildman–Crippen LogP) is 0.818. The molecule has 1 aliphatic carbocycles. The molecule has 0 aromatic rings. The minimum atomic E-state index is -0.278. The molecule has 0 aromatic heterocycles. The van der Waals surface area contributed by atoms with E-state index in [-0.39, 0.29) is 17.8 Å². The summed E-state index contributed by atoms with van der Waals surface area (Å²) >= 11 is 0. The number of rotatable bonds is 6. The van der Waals surface area contributed by atoms with Crippen LogP contribution in [0.25, 0.3) is 0 Å². The second-order valence-electron chi connectivity index (χ2n) is 4.01. The van der Waals surface area contributed by atoms with Crippen molar-refractivity contribution in [1.29, 1.82) is 0 Å². The first-order valence-corrected chi connectivity index (χ1v) is 5.45. The summed E-state index contributed by atoms with van der Waals surface area (Å²) in [4.78, 5) is 11.5. The van der Waals surface area contributed by atoms with E-state index in [0.29, 0.717) is 12.3 Å². The normalized spacial score (nSPS) is 18.6. The standard InChI is InChI=1S/C10H19N3O2/c1-2-3-4-8(14)12-9(7-5-6-7)10(11)13-15/h7,9,15H,2-6H2,1H3,(H2,11,13)(H,12,14). The van der Waals surface area contributed by atoms with Crippen LogP contribution in [0.3, 0.4) is 0 Å². The lowest BCUT2D eigenvalue weighted by molar-refractivity contribution is -0.121. The van der Waals surface area contributed by atoms with Gasteiger partial charge in [-0.3, -0.25) is 4.79 Å². The number of hydrogen-bond acceptors (Lipinski definition) is 3. The van der Waals surface area contributed by atoms with E-state index < -0.39 is 0 Å². The van der Waals surface area contributed by atoms with Gasteiger partial charge in [-0.2, -0.15) is 0 Å². The van der Waals surface area contributed by atoms with Gasteiger partial charge in [-0.15, -0.1) is 0 Å². The van der Waals surface area contributed by atoms with Crippen LogP contribution in [0.2, 0.25) is 0 Å². The summed E-state index contributed by atoms with van der Waals surface area (Å²) in [6.45, 7) is 2.04. The van der Waals surface area contributed by atoms with Crippen LogP contribution in [0.1, 0.15) is 39.0 Å². The summed E-state index contributed by atoms with van der Waals surface area (Å²) in [7, 11) is 0. The summed E-state index contributed by atoms with van der Waals surface area (Å²) < 4.78 is 0. The van der Waals surface area contributed by atoms with Crippen molar-refractivity contribution in [3.05, 3.63) is 0 Å². The van der Waals surface area contributed by atoms with Gasteiger partial charge in [0.15, 0.2) is 5.84 Å². The molecule has 0 bridgehead atoms. The van der Waals surface area contributed by atoms with Gasteiger partial charge in [-0.25, -0.2) is 0 Å². The van der Waals surface area contributed by atoms with Crippen LogP contribution in [0.4, 0.5) is 0 Å². The second-order valence-corrected chi connectivity index (χ2v) is 4.01. The number of nitrogens with two attached hydrogens (primary N) is 1. The lowest BCUT2D eigenvalue weighted by atomic mass is 10.1. The van der Waals surface area contributed by atoms with E-state index in [9.17, 15) is 4.79 Å². The molecule has 0 aliphatic heterocycles. The van der Waals surface area contributed by atoms with Gasteiger partial charge < -0.3 is 16.3 Å². The monoisotopic (exact) mass is 213 g/mol. The van der Waals surface area contributed by atoms with Crippen LogP contribution in [0, 0.1) is 5.92 Å². The fraction of sp³-hybridized carbons (Fsp3) is 0.800. The van der Waals surface area contributed by atoms with Gasteiger partial charge in [0.1, 0.15) is 0 Å². The van der Waals surface area contributed by atoms with E-state index in [4.69, 9.17) is 10.9 Å². The number of unbranched alkanes of at least 4 members (excludes halogenated alkanes) is 1. The van der Waals surface area contributed by atoms with Crippen molar-refractivity contribution in [3.8, 4) is 0 Å². The number of nitrogens with one attached hydrogen (secondary N) is 1.